The van der Waals surface area contributed by atoms with Crippen LogP contribution < -0.4 is 26.0 Å². The first-order valence-corrected chi connectivity index (χ1v) is 23.0. The molecule has 3 aromatic carbocycles. The van der Waals surface area contributed by atoms with Crippen molar-refractivity contribution < 1.29 is 33.8 Å². The van der Waals surface area contributed by atoms with E-state index in [-0.39, 0.29) is 49.6 Å². The lowest BCUT2D eigenvalue weighted by atomic mass is 9.85. The molecule has 14 nitrogen and oxygen atoms in total. The number of anilines is 1. The van der Waals surface area contributed by atoms with Gasteiger partial charge in [0.1, 0.15) is 36.6 Å². The first-order chi connectivity index (χ1) is 30.6. The molecule has 4 amide bonds. The minimum atomic E-state index is -0.947. The van der Waals surface area contributed by atoms with E-state index in [4.69, 9.17) is 26.3 Å². The molecular weight excluding hydrogens is 854 g/mol. The van der Waals surface area contributed by atoms with Crippen LogP contribution in [-0.4, -0.2) is 95.3 Å². The van der Waals surface area contributed by atoms with E-state index >= 15 is 0 Å². The van der Waals surface area contributed by atoms with E-state index in [0.29, 0.717) is 41.3 Å². The normalized spacial score (nSPS) is 19.1. The molecule has 0 radical (unpaired) electrons. The fraction of sp³-hybridized carbons (Fsp3) is 0.458. The molecule has 340 valence electrons. The number of halogens is 1. The summed E-state index contributed by atoms with van der Waals surface area (Å²) in [7, 11) is 0. The molecule has 4 atom stereocenters. The van der Waals surface area contributed by atoms with Crippen molar-refractivity contribution in [1.29, 1.82) is 5.26 Å². The molecule has 64 heavy (non-hydrogen) atoms. The summed E-state index contributed by atoms with van der Waals surface area (Å²) in [6.07, 6.45) is 3.02. The zero-order valence-electron chi connectivity index (χ0n) is 37.0. The van der Waals surface area contributed by atoms with Gasteiger partial charge in [-0.05, 0) is 86.1 Å². The minimum Gasteiger partial charge on any atom is -0.490 e. The lowest BCUT2D eigenvalue weighted by Gasteiger charge is -2.35. The lowest BCUT2D eigenvalue weighted by Crippen LogP contribution is -2.58. The van der Waals surface area contributed by atoms with E-state index in [0.717, 1.165) is 53.2 Å². The number of aliphatic hydroxyl groups is 1. The van der Waals surface area contributed by atoms with Crippen LogP contribution in [-0.2, 0) is 19.1 Å². The van der Waals surface area contributed by atoms with E-state index in [9.17, 15) is 24.3 Å². The Balaban J connectivity index is 0.858. The van der Waals surface area contributed by atoms with E-state index in [1.165, 1.54) is 4.90 Å². The maximum Gasteiger partial charge on any atom is 0.251 e. The topological polar surface area (TPSA) is 195 Å². The molecule has 1 saturated carbocycles. The molecule has 1 saturated heterocycles. The van der Waals surface area contributed by atoms with Crippen molar-refractivity contribution >= 4 is 52.3 Å². The van der Waals surface area contributed by atoms with Crippen LogP contribution in [0.5, 0.6) is 5.75 Å². The number of carbonyl (C=O) groups excluding carboxylic acids is 4. The summed E-state index contributed by atoms with van der Waals surface area (Å²) >= 11 is 7.67. The quantitative estimate of drug-likeness (QED) is 0.0615. The Morgan fingerprint density at radius 3 is 2.39 bits per heavy atom. The van der Waals surface area contributed by atoms with Crippen molar-refractivity contribution in [1.82, 2.24) is 25.8 Å². The summed E-state index contributed by atoms with van der Waals surface area (Å²) in [6.45, 7) is 10.2. The number of aryl methyl sites for hydroxylation is 1. The van der Waals surface area contributed by atoms with Gasteiger partial charge in [-0.15, -0.1) is 11.3 Å². The molecule has 0 spiro atoms. The standard InChI is InChI=1S/C48H58ClN7O7S/c1-29(31-9-11-32(12-10-31)43-30(2)52-28-64-43)53-46(60)41-23-37(57)26-56(41)47(61)44(48(3,4)5)55-42(58)27-62-20-8-6-7-19-51-35-16-13-33(14-17-35)45(59)54-36-21-39(22-36)63-38-18-15-34(25-50)40(49)24-38/h9-18,24,28-29,36-37,39,41,44,51,57H,6-8,19-23,26-27H2,1-5H3,(H,53,60)(H,54,59)(H,55,58)/t29-,36-,37+,39-,41-,44+/m0/s1. The highest BCUT2D eigenvalue weighted by molar-refractivity contribution is 7.13. The monoisotopic (exact) mass is 911 g/mol. The molecule has 2 heterocycles. The predicted octanol–water partition coefficient (Wildman–Crippen LogP) is 6.95. The number of ether oxygens (including phenoxy) is 2. The molecule has 1 aliphatic heterocycles. The van der Waals surface area contributed by atoms with Crippen molar-refractivity contribution in [2.24, 2.45) is 5.41 Å². The third-order valence-electron chi connectivity index (χ3n) is 11.5. The molecule has 6 rings (SSSR count). The number of likely N-dealkylation sites (tertiary alicyclic amines) is 1. The van der Waals surface area contributed by atoms with Gasteiger partial charge in [-0.3, -0.25) is 19.2 Å². The highest BCUT2D eigenvalue weighted by Crippen LogP contribution is 2.31. The van der Waals surface area contributed by atoms with Gasteiger partial charge in [0.15, 0.2) is 0 Å². The molecule has 1 aliphatic carbocycles. The van der Waals surface area contributed by atoms with Crippen molar-refractivity contribution in [2.75, 3.05) is 31.6 Å². The van der Waals surface area contributed by atoms with Gasteiger partial charge in [-0.2, -0.15) is 5.26 Å². The summed E-state index contributed by atoms with van der Waals surface area (Å²) in [4.78, 5) is 60.3. The number of nitriles is 1. The maximum atomic E-state index is 14.0. The van der Waals surface area contributed by atoms with Crippen LogP contribution in [0, 0.1) is 23.7 Å². The van der Waals surface area contributed by atoms with Gasteiger partial charge >= 0.3 is 0 Å². The van der Waals surface area contributed by atoms with Crippen LogP contribution in [0.15, 0.2) is 72.2 Å². The Bertz CT molecular complexity index is 2290. The summed E-state index contributed by atoms with van der Waals surface area (Å²) in [6, 6.07) is 20.1. The van der Waals surface area contributed by atoms with Gasteiger partial charge < -0.3 is 40.7 Å². The Morgan fingerprint density at radius 2 is 1.73 bits per heavy atom. The Kier molecular flexibility index (Phi) is 16.4. The third kappa shape index (κ3) is 12.8. The first-order valence-electron chi connectivity index (χ1n) is 21.8. The van der Waals surface area contributed by atoms with Gasteiger partial charge in [0, 0.05) is 62.3 Å². The number of hydrogen-bond donors (Lipinski definition) is 5. The molecule has 2 aliphatic rings. The number of aliphatic hydroxyl groups excluding tert-OH is 1. The van der Waals surface area contributed by atoms with Crippen LogP contribution in [0.1, 0.15) is 99.4 Å². The van der Waals surface area contributed by atoms with E-state index in [2.05, 4.69) is 26.3 Å². The average Bonchev–Trinajstić information content (AvgIpc) is 3.87. The second kappa shape index (κ2) is 21.9. The molecule has 0 unspecified atom stereocenters. The number of nitrogens with one attached hydrogen (secondary N) is 4. The number of aromatic nitrogens is 1. The second-order valence-electron chi connectivity index (χ2n) is 17.6. The number of hydrogen-bond acceptors (Lipinski definition) is 11. The smallest absolute Gasteiger partial charge is 0.251 e. The number of thiazole rings is 1. The SMILES string of the molecule is Cc1ncsc1-c1ccc([C@H](C)NC(=O)[C@@H]2C[C@@H](O)CN2C(=O)[C@@H](NC(=O)COCCCCCNc2ccc(C(=O)N[C@H]3C[C@H](Oc4ccc(C#N)c(Cl)c4)C3)cc2)C(C)(C)C)cc1. The van der Waals surface area contributed by atoms with E-state index in [1.54, 1.807) is 41.7 Å². The van der Waals surface area contributed by atoms with Crippen LogP contribution >= 0.6 is 22.9 Å². The first kappa shape index (κ1) is 47.9. The van der Waals surface area contributed by atoms with Gasteiger partial charge in [-0.1, -0.05) is 56.6 Å². The Morgan fingerprint density at radius 1 is 1.00 bits per heavy atom. The number of carbonyl (C=O) groups is 4. The second-order valence-corrected chi connectivity index (χ2v) is 18.9. The summed E-state index contributed by atoms with van der Waals surface area (Å²) in [5.41, 5.74) is 5.91. The molecular formula is C48H58ClN7O7S. The fourth-order valence-corrected chi connectivity index (χ4v) is 8.79. The molecule has 16 heteroatoms. The summed E-state index contributed by atoms with van der Waals surface area (Å²) in [5, 5.41) is 32.3. The van der Waals surface area contributed by atoms with Crippen LogP contribution in [0.4, 0.5) is 5.69 Å². The zero-order valence-corrected chi connectivity index (χ0v) is 38.6. The van der Waals surface area contributed by atoms with Gasteiger partial charge in [-0.25, -0.2) is 4.98 Å². The van der Waals surface area contributed by atoms with Crippen molar-refractivity contribution in [3.8, 4) is 22.3 Å². The van der Waals surface area contributed by atoms with E-state index in [1.807, 2.05) is 82.6 Å². The van der Waals surface area contributed by atoms with Crippen LogP contribution in [0.3, 0.4) is 0 Å². The Labute approximate surface area is 384 Å². The molecule has 0 bridgehead atoms. The predicted molar refractivity (Wildman–Crippen MR) is 247 cm³/mol. The number of rotatable bonds is 19. The number of unbranched alkanes of at least 4 members (excludes halogenated alkanes) is 2. The van der Waals surface area contributed by atoms with Gasteiger partial charge in [0.25, 0.3) is 5.91 Å². The summed E-state index contributed by atoms with van der Waals surface area (Å²) < 4.78 is 11.6. The maximum absolute atomic E-state index is 14.0. The average molecular weight is 913 g/mol. The molecule has 1 aromatic heterocycles. The number of benzene rings is 3. The highest BCUT2D eigenvalue weighted by Gasteiger charge is 2.44. The van der Waals surface area contributed by atoms with Crippen LogP contribution in [0.25, 0.3) is 10.4 Å². The van der Waals surface area contributed by atoms with Crippen molar-refractivity contribution in [2.45, 2.75) is 110 Å². The summed E-state index contributed by atoms with van der Waals surface area (Å²) in [5.74, 6) is -0.770. The lowest BCUT2D eigenvalue weighted by molar-refractivity contribution is -0.144. The largest absolute Gasteiger partial charge is 0.490 e. The van der Waals surface area contributed by atoms with Gasteiger partial charge in [0.2, 0.25) is 17.7 Å². The molecule has 2 fully saturated rings. The number of β-amino-alcohol motifs (C(OH)–C–C–N with tert-alkyl or cyclic N) is 1. The highest BCUT2D eigenvalue weighted by atomic mass is 35.5. The zero-order chi connectivity index (χ0) is 46.0. The third-order valence-corrected chi connectivity index (χ3v) is 12.8. The van der Waals surface area contributed by atoms with Crippen LogP contribution in [0.2, 0.25) is 5.02 Å². The molecule has 5 N–H and O–H groups in total. The van der Waals surface area contributed by atoms with E-state index < -0.39 is 35.4 Å². The van der Waals surface area contributed by atoms with Crippen molar-refractivity contribution in [3.05, 3.63) is 99.6 Å². The van der Waals surface area contributed by atoms with Crippen molar-refractivity contribution in [3.63, 3.8) is 0 Å². The fourth-order valence-electron chi connectivity index (χ4n) is 7.76. The Hall–Kier alpha value is -5.53. The minimum absolute atomic E-state index is 0.0107. The number of nitrogens with zero attached hydrogens (tertiary/aromatic N) is 3. The van der Waals surface area contributed by atoms with Gasteiger partial charge in [0.05, 0.1) is 38.8 Å². The number of amides is 4. The molecule has 4 aromatic rings.